The molecule has 49 heavy (non-hydrogen) atoms. The number of hydrogen-bond acceptors (Lipinski definition) is 6. The maximum absolute atomic E-state index is 13.1. The first-order valence-corrected chi connectivity index (χ1v) is 17.6. The Morgan fingerprint density at radius 3 is 2.41 bits per heavy atom. The molecule has 5 rings (SSSR count). The van der Waals surface area contributed by atoms with Gasteiger partial charge in [-0.15, -0.1) is 0 Å². The Hall–Kier alpha value is -3.92. The van der Waals surface area contributed by atoms with E-state index < -0.39 is 18.1 Å². The van der Waals surface area contributed by atoms with E-state index in [1.807, 2.05) is 48.5 Å². The van der Waals surface area contributed by atoms with Crippen molar-refractivity contribution < 1.29 is 37.3 Å². The van der Waals surface area contributed by atoms with Crippen molar-refractivity contribution in [3.8, 4) is 5.75 Å². The first-order valence-electron chi connectivity index (χ1n) is 17.6. The van der Waals surface area contributed by atoms with E-state index >= 15 is 0 Å². The summed E-state index contributed by atoms with van der Waals surface area (Å²) in [6.07, 6.45) is 2.67. The molecule has 0 radical (unpaired) electrons. The van der Waals surface area contributed by atoms with Gasteiger partial charge in [0.25, 0.3) is 0 Å². The number of nitrogens with zero attached hydrogens (tertiary/aromatic N) is 2. The van der Waals surface area contributed by atoms with Gasteiger partial charge in [-0.2, -0.15) is 13.2 Å². The predicted octanol–water partition coefficient (Wildman–Crippen LogP) is 8.85. The smallest absolute Gasteiger partial charge is 0.391 e. The van der Waals surface area contributed by atoms with Gasteiger partial charge >= 0.3 is 18.1 Å². The summed E-state index contributed by atoms with van der Waals surface area (Å²) in [5.74, 6) is -1.43. The summed E-state index contributed by atoms with van der Waals surface area (Å²) in [7, 11) is 0. The number of aromatic carboxylic acids is 1. The Kier molecular flexibility index (Phi) is 12.7. The lowest BCUT2D eigenvalue weighted by Gasteiger charge is -2.36. The molecule has 0 aliphatic heterocycles. The van der Waals surface area contributed by atoms with Crippen molar-refractivity contribution in [1.82, 2.24) is 9.88 Å². The van der Waals surface area contributed by atoms with Crippen molar-refractivity contribution in [3.63, 3.8) is 0 Å². The number of carboxylic acid groups (broad SMARTS) is 1. The zero-order valence-electron chi connectivity index (χ0n) is 28.2. The first-order chi connectivity index (χ1) is 23.6. The van der Waals surface area contributed by atoms with Gasteiger partial charge in [0.2, 0.25) is 0 Å². The quantitative estimate of drug-likeness (QED) is 0.127. The zero-order chi connectivity index (χ0) is 34.8. The molecule has 0 bridgehead atoms. The van der Waals surface area contributed by atoms with E-state index in [0.717, 1.165) is 85.3 Å². The maximum atomic E-state index is 13.1. The fraction of sp³-hybridized carbons (Fsp3) is 0.513. The number of hydrogen-bond donors (Lipinski definition) is 1. The zero-order valence-corrected chi connectivity index (χ0v) is 28.2. The molecule has 1 fully saturated rings. The second-order valence-corrected chi connectivity index (χ2v) is 13.2. The van der Waals surface area contributed by atoms with Crippen molar-refractivity contribution in [1.29, 1.82) is 0 Å². The van der Waals surface area contributed by atoms with Gasteiger partial charge in [-0.25, -0.2) is 9.78 Å². The molecule has 3 aromatic rings. The molecule has 264 valence electrons. The molecule has 1 saturated carbocycles. The van der Waals surface area contributed by atoms with Crippen LogP contribution in [0, 0.1) is 5.92 Å². The monoisotopic (exact) mass is 680 g/mol. The third-order valence-electron chi connectivity index (χ3n) is 9.98. The molecule has 0 spiro atoms. The van der Waals surface area contributed by atoms with E-state index in [9.17, 15) is 27.9 Å². The van der Waals surface area contributed by atoms with Crippen LogP contribution < -0.4 is 4.74 Å². The highest BCUT2D eigenvalue weighted by atomic mass is 19.4. The fourth-order valence-electron chi connectivity index (χ4n) is 7.29. The minimum atomic E-state index is -4.10. The van der Waals surface area contributed by atoms with Gasteiger partial charge < -0.3 is 14.6 Å². The lowest BCUT2D eigenvalue weighted by molar-refractivity contribution is -0.182. The molecule has 2 aliphatic rings. The number of alkyl halides is 3. The number of para-hydroxylation sites is 1. The lowest BCUT2D eigenvalue weighted by atomic mass is 9.78. The number of unbranched alkanes of at least 4 members (excludes halogenated alkanes) is 1. The Morgan fingerprint density at radius 1 is 0.939 bits per heavy atom. The van der Waals surface area contributed by atoms with Crippen molar-refractivity contribution >= 4 is 11.9 Å². The van der Waals surface area contributed by atoms with Crippen LogP contribution in [-0.4, -0.2) is 52.8 Å². The van der Waals surface area contributed by atoms with Crippen LogP contribution in [0.2, 0.25) is 0 Å². The highest BCUT2D eigenvalue weighted by molar-refractivity contribution is 5.85. The molecule has 7 nitrogen and oxygen atoms in total. The van der Waals surface area contributed by atoms with E-state index in [0.29, 0.717) is 32.5 Å². The molecule has 1 aromatic heterocycles. The minimum absolute atomic E-state index is 0.0640. The van der Waals surface area contributed by atoms with Gasteiger partial charge in [-0.1, -0.05) is 48.5 Å². The standard InChI is InChI=1S/C39H47F3N2O5/c1-2-48-37(45)12-5-6-24-44(35-10-7-9-33-32(35)21-22-34(43-33)38(46)47)25-23-30-8-3-4-11-36(30)49-26-27-13-15-28(16-14-27)29-17-19-31(20-18-29)39(40,41)42/h3-4,8,11,13-16,21-22,29,31,35H,2,5-7,9-10,12,17-20,23-26H2,1H3,(H,46,47). The molecule has 2 aliphatic carbocycles. The number of aryl methyl sites for hydroxylation is 1. The Morgan fingerprint density at radius 2 is 1.69 bits per heavy atom. The van der Waals surface area contributed by atoms with Crippen molar-refractivity contribution in [3.05, 3.63) is 94.3 Å². The van der Waals surface area contributed by atoms with E-state index in [-0.39, 0.29) is 36.5 Å². The number of carboxylic acids is 1. The number of aromatic nitrogens is 1. The SMILES string of the molecule is CCOC(=O)CCCCN(CCc1ccccc1OCc1ccc(C2CCC(C(F)(F)F)CC2)cc1)C1CCCc2nc(C(=O)O)ccc21. The Bertz CT molecular complexity index is 1540. The van der Waals surface area contributed by atoms with E-state index in [2.05, 4.69) is 16.0 Å². The number of fused-ring (bicyclic) bond motifs is 1. The van der Waals surface area contributed by atoms with Crippen LogP contribution in [0.4, 0.5) is 13.2 Å². The summed E-state index contributed by atoms with van der Waals surface area (Å²) < 4.78 is 50.7. The summed E-state index contributed by atoms with van der Waals surface area (Å²) >= 11 is 0. The number of halogens is 3. The van der Waals surface area contributed by atoms with Crippen LogP contribution in [0.5, 0.6) is 5.75 Å². The third-order valence-corrected chi connectivity index (χ3v) is 9.98. The molecule has 1 unspecified atom stereocenters. The fourth-order valence-corrected chi connectivity index (χ4v) is 7.29. The van der Waals surface area contributed by atoms with E-state index in [4.69, 9.17) is 9.47 Å². The van der Waals surface area contributed by atoms with Crippen LogP contribution in [0.1, 0.15) is 115 Å². The van der Waals surface area contributed by atoms with Crippen LogP contribution in [-0.2, 0) is 29.0 Å². The number of esters is 1. The topological polar surface area (TPSA) is 89.0 Å². The molecular weight excluding hydrogens is 633 g/mol. The summed E-state index contributed by atoms with van der Waals surface area (Å²) in [4.78, 5) is 30.4. The maximum Gasteiger partial charge on any atom is 0.391 e. The Labute approximate surface area is 286 Å². The van der Waals surface area contributed by atoms with Gasteiger partial charge in [-0.3, -0.25) is 9.69 Å². The highest BCUT2D eigenvalue weighted by Gasteiger charge is 2.41. The largest absolute Gasteiger partial charge is 0.489 e. The first kappa shape index (κ1) is 36.4. The minimum Gasteiger partial charge on any atom is -0.489 e. The highest BCUT2D eigenvalue weighted by Crippen LogP contribution is 2.43. The summed E-state index contributed by atoms with van der Waals surface area (Å²) in [5.41, 5.74) is 5.14. The molecule has 0 saturated heterocycles. The predicted molar refractivity (Wildman–Crippen MR) is 181 cm³/mol. The number of rotatable bonds is 15. The summed E-state index contributed by atoms with van der Waals surface area (Å²) in [6, 6.07) is 19.7. The Balaban J connectivity index is 1.22. The van der Waals surface area contributed by atoms with Crippen LogP contribution >= 0.6 is 0 Å². The summed E-state index contributed by atoms with van der Waals surface area (Å²) in [5, 5.41) is 9.48. The molecule has 1 heterocycles. The number of carbonyl (C=O) groups is 2. The second-order valence-electron chi connectivity index (χ2n) is 13.2. The number of benzene rings is 2. The average Bonchev–Trinajstić information content (AvgIpc) is 3.10. The van der Waals surface area contributed by atoms with Crippen LogP contribution in [0.3, 0.4) is 0 Å². The molecule has 10 heteroatoms. The normalized spacial score (nSPS) is 19.3. The van der Waals surface area contributed by atoms with Gasteiger partial charge in [0.15, 0.2) is 0 Å². The average molecular weight is 681 g/mol. The van der Waals surface area contributed by atoms with E-state index in [1.165, 1.54) is 0 Å². The number of ether oxygens (including phenoxy) is 2. The molecule has 1 N–H and O–H groups in total. The third kappa shape index (κ3) is 10.1. The number of carbonyl (C=O) groups excluding carboxylic acids is 1. The van der Waals surface area contributed by atoms with Crippen LogP contribution in [0.25, 0.3) is 0 Å². The molecule has 2 aromatic carbocycles. The van der Waals surface area contributed by atoms with E-state index in [1.54, 1.807) is 13.0 Å². The molecule has 1 atom stereocenters. The van der Waals surface area contributed by atoms with Gasteiger partial charge in [0.05, 0.1) is 12.5 Å². The lowest BCUT2D eigenvalue weighted by Crippen LogP contribution is -2.34. The van der Waals surface area contributed by atoms with Crippen molar-refractivity contribution in [2.24, 2.45) is 5.92 Å². The number of pyridine rings is 1. The van der Waals surface area contributed by atoms with Crippen molar-refractivity contribution in [2.45, 2.75) is 102 Å². The van der Waals surface area contributed by atoms with Crippen LogP contribution in [0.15, 0.2) is 60.7 Å². The molecule has 0 amide bonds. The van der Waals surface area contributed by atoms with Gasteiger partial charge in [-0.05, 0) is 118 Å². The summed E-state index contributed by atoms with van der Waals surface area (Å²) in [6.45, 7) is 4.08. The van der Waals surface area contributed by atoms with Gasteiger partial charge in [0, 0.05) is 24.7 Å². The van der Waals surface area contributed by atoms with Crippen molar-refractivity contribution in [2.75, 3.05) is 19.7 Å². The molecular formula is C39H47F3N2O5. The second kappa shape index (κ2) is 17.1. The van der Waals surface area contributed by atoms with Gasteiger partial charge in [0.1, 0.15) is 18.1 Å².